The Balaban J connectivity index is 1.88. The number of amides is 2. The summed E-state index contributed by atoms with van der Waals surface area (Å²) in [6.07, 6.45) is 1.87. The van der Waals surface area contributed by atoms with Crippen LogP contribution in [0.4, 0.5) is 5.82 Å². The maximum absolute atomic E-state index is 12.9. The van der Waals surface area contributed by atoms with Crippen molar-refractivity contribution < 1.29 is 14.3 Å². The Morgan fingerprint density at radius 3 is 2.55 bits per heavy atom. The third-order valence-corrected chi connectivity index (χ3v) is 4.64. The Morgan fingerprint density at radius 1 is 1.14 bits per heavy atom. The maximum atomic E-state index is 12.9. The molecule has 1 aromatic carbocycles. The Hall–Kier alpha value is -3.35. The van der Waals surface area contributed by atoms with Crippen LogP contribution in [0.2, 0.25) is 0 Å². The minimum Gasteiger partial charge on any atom is -0.481 e. The number of para-hydroxylation sites is 1. The van der Waals surface area contributed by atoms with Crippen molar-refractivity contribution in [2.75, 3.05) is 5.32 Å². The van der Waals surface area contributed by atoms with Gasteiger partial charge in [-0.05, 0) is 51.0 Å². The van der Waals surface area contributed by atoms with Crippen molar-refractivity contribution in [1.29, 1.82) is 0 Å². The van der Waals surface area contributed by atoms with Crippen LogP contribution >= 0.6 is 0 Å². The average Bonchev–Trinajstić information content (AvgIpc) is 3.05. The second-order valence-corrected chi connectivity index (χ2v) is 7.09. The Kier molecular flexibility index (Phi) is 6.16. The van der Waals surface area contributed by atoms with Gasteiger partial charge in [0.25, 0.3) is 11.8 Å². The van der Waals surface area contributed by atoms with Gasteiger partial charge in [0.2, 0.25) is 0 Å². The molecular formula is C22H26N4O3. The summed E-state index contributed by atoms with van der Waals surface area (Å²) in [5.41, 5.74) is 1.85. The standard InChI is InChI=1S/C22H26N4O3/c1-5-15(3)23-22(28)19-20(24-18-12-11-14(2)13-26(18)19)25-21(27)16(4)29-17-9-7-6-8-10-17/h6-13,15-16H,5H2,1-4H3,(H,23,28)(H,25,27). The first-order valence-corrected chi connectivity index (χ1v) is 9.71. The van der Waals surface area contributed by atoms with Crippen molar-refractivity contribution in [2.24, 2.45) is 0 Å². The van der Waals surface area contributed by atoms with E-state index < -0.39 is 6.10 Å². The molecule has 2 heterocycles. The van der Waals surface area contributed by atoms with Crippen LogP contribution in [0.3, 0.4) is 0 Å². The molecule has 2 aromatic heterocycles. The van der Waals surface area contributed by atoms with E-state index in [2.05, 4.69) is 15.6 Å². The highest BCUT2D eigenvalue weighted by atomic mass is 16.5. The molecule has 0 aliphatic carbocycles. The normalized spacial score (nSPS) is 13.0. The van der Waals surface area contributed by atoms with Gasteiger partial charge in [0, 0.05) is 12.2 Å². The molecule has 0 saturated carbocycles. The average molecular weight is 394 g/mol. The summed E-state index contributed by atoms with van der Waals surface area (Å²) in [6, 6.07) is 12.8. The highest BCUT2D eigenvalue weighted by molar-refractivity contribution is 6.03. The zero-order valence-electron chi connectivity index (χ0n) is 17.1. The summed E-state index contributed by atoms with van der Waals surface area (Å²) in [6.45, 7) is 7.51. The lowest BCUT2D eigenvalue weighted by Crippen LogP contribution is -2.35. The topological polar surface area (TPSA) is 84.7 Å². The van der Waals surface area contributed by atoms with Crippen molar-refractivity contribution in [3.63, 3.8) is 0 Å². The molecule has 0 bridgehead atoms. The van der Waals surface area contributed by atoms with Gasteiger partial charge in [0.15, 0.2) is 17.6 Å². The molecule has 7 nitrogen and oxygen atoms in total. The number of carbonyl (C=O) groups is 2. The fourth-order valence-electron chi connectivity index (χ4n) is 2.82. The van der Waals surface area contributed by atoms with E-state index >= 15 is 0 Å². The summed E-state index contributed by atoms with van der Waals surface area (Å²) in [5.74, 6) is 0.136. The van der Waals surface area contributed by atoms with Crippen molar-refractivity contribution in [3.05, 3.63) is 59.9 Å². The van der Waals surface area contributed by atoms with Crippen molar-refractivity contribution in [3.8, 4) is 5.75 Å². The van der Waals surface area contributed by atoms with E-state index in [9.17, 15) is 9.59 Å². The molecule has 152 valence electrons. The molecule has 0 saturated heterocycles. The van der Waals surface area contributed by atoms with E-state index in [0.717, 1.165) is 12.0 Å². The number of pyridine rings is 1. The number of anilines is 1. The second-order valence-electron chi connectivity index (χ2n) is 7.09. The Bertz CT molecular complexity index is 1010. The van der Waals surface area contributed by atoms with Gasteiger partial charge in [0.1, 0.15) is 11.4 Å². The van der Waals surface area contributed by atoms with Crippen LogP contribution in [-0.2, 0) is 4.79 Å². The largest absolute Gasteiger partial charge is 0.481 e. The minimum absolute atomic E-state index is 0.00162. The van der Waals surface area contributed by atoms with Crippen LogP contribution in [0.5, 0.6) is 5.75 Å². The summed E-state index contributed by atoms with van der Waals surface area (Å²) in [7, 11) is 0. The molecule has 0 fully saturated rings. The first kappa shape index (κ1) is 20.4. The van der Waals surface area contributed by atoms with Gasteiger partial charge in [-0.2, -0.15) is 0 Å². The van der Waals surface area contributed by atoms with Crippen LogP contribution < -0.4 is 15.4 Å². The molecule has 2 N–H and O–H groups in total. The molecule has 29 heavy (non-hydrogen) atoms. The number of fused-ring (bicyclic) bond motifs is 1. The van der Waals surface area contributed by atoms with Crippen LogP contribution in [0.15, 0.2) is 48.7 Å². The minimum atomic E-state index is -0.755. The lowest BCUT2D eigenvalue weighted by Gasteiger charge is -2.15. The number of aryl methyl sites for hydroxylation is 1. The van der Waals surface area contributed by atoms with Gasteiger partial charge in [0.05, 0.1) is 0 Å². The van der Waals surface area contributed by atoms with Crippen molar-refractivity contribution in [2.45, 2.75) is 46.3 Å². The molecule has 7 heteroatoms. The van der Waals surface area contributed by atoms with Crippen LogP contribution in [0.25, 0.3) is 5.65 Å². The summed E-state index contributed by atoms with van der Waals surface area (Å²) >= 11 is 0. The second kappa shape index (κ2) is 8.77. The SMILES string of the molecule is CCC(C)NC(=O)c1c(NC(=O)C(C)Oc2ccccc2)nc2ccc(C)cn12. The van der Waals surface area contributed by atoms with E-state index in [1.54, 1.807) is 23.5 Å². The number of aromatic nitrogens is 2. The number of imidazole rings is 1. The molecular weight excluding hydrogens is 368 g/mol. The molecule has 0 aliphatic heterocycles. The number of nitrogens with zero attached hydrogens (tertiary/aromatic N) is 2. The molecule has 0 aliphatic rings. The number of rotatable bonds is 7. The number of benzene rings is 1. The van der Waals surface area contributed by atoms with Crippen LogP contribution in [0.1, 0.15) is 43.2 Å². The predicted octanol–water partition coefficient (Wildman–Crippen LogP) is 3.58. The first-order chi connectivity index (χ1) is 13.9. The monoisotopic (exact) mass is 394 g/mol. The summed E-state index contributed by atoms with van der Waals surface area (Å²) in [4.78, 5) is 30.1. The molecule has 0 spiro atoms. The lowest BCUT2D eigenvalue weighted by molar-refractivity contribution is -0.122. The van der Waals surface area contributed by atoms with Crippen molar-refractivity contribution in [1.82, 2.24) is 14.7 Å². The highest BCUT2D eigenvalue weighted by Gasteiger charge is 2.24. The van der Waals surface area contributed by atoms with E-state index in [-0.39, 0.29) is 23.7 Å². The number of carbonyl (C=O) groups excluding carboxylic acids is 2. The highest BCUT2D eigenvalue weighted by Crippen LogP contribution is 2.20. The zero-order chi connectivity index (χ0) is 21.0. The third-order valence-electron chi connectivity index (χ3n) is 4.64. The molecule has 3 aromatic rings. The van der Waals surface area contributed by atoms with Crippen LogP contribution in [0, 0.1) is 6.92 Å². The lowest BCUT2D eigenvalue weighted by atomic mass is 10.2. The molecule has 2 atom stereocenters. The molecule has 2 unspecified atom stereocenters. The molecule has 2 amide bonds. The predicted molar refractivity (Wildman–Crippen MR) is 112 cm³/mol. The number of ether oxygens (including phenoxy) is 1. The first-order valence-electron chi connectivity index (χ1n) is 9.71. The fourth-order valence-corrected chi connectivity index (χ4v) is 2.82. The van der Waals surface area contributed by atoms with E-state index in [4.69, 9.17) is 4.74 Å². The summed E-state index contributed by atoms with van der Waals surface area (Å²) in [5, 5.41) is 5.70. The van der Waals surface area contributed by atoms with E-state index in [0.29, 0.717) is 17.1 Å². The van der Waals surface area contributed by atoms with E-state index in [1.165, 1.54) is 0 Å². The quantitative estimate of drug-likeness (QED) is 0.641. The van der Waals surface area contributed by atoms with Crippen LogP contribution in [-0.4, -0.2) is 33.3 Å². The fraction of sp³-hybridized carbons (Fsp3) is 0.318. The van der Waals surface area contributed by atoms with Gasteiger partial charge in [-0.1, -0.05) is 31.2 Å². The number of hydrogen-bond donors (Lipinski definition) is 2. The van der Waals surface area contributed by atoms with Gasteiger partial charge in [-0.3, -0.25) is 14.0 Å². The van der Waals surface area contributed by atoms with Gasteiger partial charge >= 0.3 is 0 Å². The maximum Gasteiger partial charge on any atom is 0.272 e. The van der Waals surface area contributed by atoms with Crippen molar-refractivity contribution >= 4 is 23.3 Å². The number of hydrogen-bond acceptors (Lipinski definition) is 4. The smallest absolute Gasteiger partial charge is 0.272 e. The van der Waals surface area contributed by atoms with Gasteiger partial charge in [-0.25, -0.2) is 4.98 Å². The van der Waals surface area contributed by atoms with Gasteiger partial charge in [-0.15, -0.1) is 0 Å². The number of nitrogens with one attached hydrogen (secondary N) is 2. The Labute approximate surface area is 170 Å². The zero-order valence-corrected chi connectivity index (χ0v) is 17.1. The third kappa shape index (κ3) is 4.74. The Morgan fingerprint density at radius 2 is 1.86 bits per heavy atom. The molecule has 3 rings (SSSR count). The molecule has 0 radical (unpaired) electrons. The van der Waals surface area contributed by atoms with Gasteiger partial charge < -0.3 is 15.4 Å². The van der Waals surface area contributed by atoms with E-state index in [1.807, 2.05) is 57.3 Å². The summed E-state index contributed by atoms with van der Waals surface area (Å²) < 4.78 is 7.38.